The number of hydrogen-bond acceptors (Lipinski definition) is 5. The first-order valence-corrected chi connectivity index (χ1v) is 10.6. The zero-order chi connectivity index (χ0) is 18.8. The van der Waals surface area contributed by atoms with Crippen LogP contribution < -0.4 is 5.32 Å². The maximum Gasteiger partial charge on any atom is 0.293 e. The van der Waals surface area contributed by atoms with Crippen LogP contribution in [0.4, 0.5) is 5.13 Å². The Balaban J connectivity index is 1.37. The summed E-state index contributed by atoms with van der Waals surface area (Å²) in [6.45, 7) is 3.19. The molecule has 2 fully saturated rings. The average Bonchev–Trinajstić information content (AvgIpc) is 3.33. The third-order valence-corrected chi connectivity index (χ3v) is 6.56. The summed E-state index contributed by atoms with van der Waals surface area (Å²) in [5.74, 6) is 1.51. The summed E-state index contributed by atoms with van der Waals surface area (Å²) in [4.78, 5) is 31.4. The van der Waals surface area contributed by atoms with Gasteiger partial charge in [-0.25, -0.2) is 4.98 Å². The van der Waals surface area contributed by atoms with E-state index in [1.165, 1.54) is 36.9 Å². The zero-order valence-corrected chi connectivity index (χ0v) is 16.3. The van der Waals surface area contributed by atoms with E-state index in [1.54, 1.807) is 12.1 Å². The average molecular weight is 388 g/mol. The van der Waals surface area contributed by atoms with Crippen LogP contribution in [-0.2, 0) is 11.2 Å². The number of piperidine rings is 1. The van der Waals surface area contributed by atoms with Gasteiger partial charge in [-0.1, -0.05) is 6.92 Å². The molecule has 6 nitrogen and oxygen atoms in total. The Morgan fingerprint density at radius 3 is 3.07 bits per heavy atom. The van der Waals surface area contributed by atoms with Crippen molar-refractivity contribution >= 4 is 28.3 Å². The minimum Gasteiger partial charge on any atom is -0.459 e. The molecular weight excluding hydrogens is 362 g/mol. The van der Waals surface area contributed by atoms with E-state index in [1.807, 2.05) is 5.38 Å². The lowest BCUT2D eigenvalue weighted by Crippen LogP contribution is -2.51. The normalized spacial score (nSPS) is 25.1. The number of thiazole rings is 1. The quantitative estimate of drug-likeness (QED) is 0.862. The van der Waals surface area contributed by atoms with Crippen LogP contribution in [0.25, 0.3) is 0 Å². The van der Waals surface area contributed by atoms with Crippen LogP contribution in [-0.4, -0.2) is 34.3 Å². The monoisotopic (exact) mass is 387 g/mol. The van der Waals surface area contributed by atoms with Crippen molar-refractivity contribution in [2.24, 2.45) is 11.8 Å². The number of nitrogens with zero attached hydrogens (tertiary/aromatic N) is 2. The van der Waals surface area contributed by atoms with Gasteiger partial charge in [0, 0.05) is 18.0 Å². The Bertz CT molecular complexity index is 801. The van der Waals surface area contributed by atoms with Crippen LogP contribution in [0.5, 0.6) is 0 Å². The number of nitrogens with one attached hydrogen (secondary N) is 1. The second-order valence-corrected chi connectivity index (χ2v) is 8.59. The highest BCUT2D eigenvalue weighted by molar-refractivity contribution is 7.14. The first-order valence-electron chi connectivity index (χ1n) is 9.69. The van der Waals surface area contributed by atoms with Gasteiger partial charge in [0.1, 0.15) is 0 Å². The minimum absolute atomic E-state index is 0.161. The summed E-state index contributed by atoms with van der Waals surface area (Å²) < 4.78 is 5.08. The van der Waals surface area contributed by atoms with Gasteiger partial charge in [-0.05, 0) is 56.1 Å². The van der Waals surface area contributed by atoms with E-state index in [0.717, 1.165) is 25.3 Å². The van der Waals surface area contributed by atoms with Gasteiger partial charge in [-0.3, -0.25) is 14.9 Å². The number of hydrogen-bond donors (Lipinski definition) is 1. The molecule has 0 unspecified atom stereocenters. The molecule has 1 aliphatic heterocycles. The fourth-order valence-corrected chi connectivity index (χ4v) is 5.18. The summed E-state index contributed by atoms with van der Waals surface area (Å²) in [5.41, 5.74) is 0.714. The molecule has 4 rings (SSSR count). The van der Waals surface area contributed by atoms with Crippen LogP contribution in [0.3, 0.4) is 0 Å². The first kappa shape index (κ1) is 18.2. The highest BCUT2D eigenvalue weighted by Crippen LogP contribution is 2.38. The Kier molecular flexibility index (Phi) is 5.29. The van der Waals surface area contributed by atoms with E-state index in [2.05, 4.69) is 22.1 Å². The summed E-state index contributed by atoms with van der Waals surface area (Å²) in [5, 5.41) is 5.05. The Morgan fingerprint density at radius 1 is 1.37 bits per heavy atom. The third-order valence-electron chi connectivity index (χ3n) is 5.75. The van der Waals surface area contributed by atoms with Crippen LogP contribution in [0.2, 0.25) is 0 Å². The van der Waals surface area contributed by atoms with E-state index in [0.29, 0.717) is 29.2 Å². The molecule has 0 bridgehead atoms. The molecule has 27 heavy (non-hydrogen) atoms. The molecule has 1 N–H and O–H groups in total. The van der Waals surface area contributed by atoms with Crippen molar-refractivity contribution < 1.29 is 14.0 Å². The van der Waals surface area contributed by atoms with Gasteiger partial charge in [-0.15, -0.1) is 11.3 Å². The zero-order valence-electron chi connectivity index (χ0n) is 15.5. The van der Waals surface area contributed by atoms with Crippen molar-refractivity contribution in [2.75, 3.05) is 11.9 Å². The lowest BCUT2D eigenvalue weighted by Gasteiger charge is -2.45. The van der Waals surface area contributed by atoms with Crippen LogP contribution >= 0.6 is 11.3 Å². The van der Waals surface area contributed by atoms with Gasteiger partial charge in [0.25, 0.3) is 5.91 Å². The molecule has 1 saturated heterocycles. The minimum atomic E-state index is -0.331. The van der Waals surface area contributed by atoms with Crippen LogP contribution in [0.1, 0.15) is 55.3 Å². The molecule has 1 aliphatic carbocycles. The third kappa shape index (κ3) is 4.08. The van der Waals surface area contributed by atoms with Gasteiger partial charge < -0.3 is 9.32 Å². The van der Waals surface area contributed by atoms with E-state index in [-0.39, 0.29) is 17.6 Å². The topological polar surface area (TPSA) is 75.4 Å². The van der Waals surface area contributed by atoms with Crippen LogP contribution in [0.15, 0.2) is 28.2 Å². The van der Waals surface area contributed by atoms with Crippen LogP contribution in [0, 0.1) is 11.8 Å². The molecule has 144 valence electrons. The molecule has 0 radical (unpaired) electrons. The molecule has 3 atom stereocenters. The largest absolute Gasteiger partial charge is 0.459 e. The maximum atomic E-state index is 12.9. The number of fused-ring (bicyclic) bond motifs is 1. The summed E-state index contributed by atoms with van der Waals surface area (Å²) >= 11 is 1.33. The number of rotatable bonds is 4. The Hall–Kier alpha value is -2.15. The first-order chi connectivity index (χ1) is 13.1. The van der Waals surface area contributed by atoms with Crippen molar-refractivity contribution in [1.29, 1.82) is 0 Å². The van der Waals surface area contributed by atoms with E-state index >= 15 is 0 Å². The number of carbonyl (C=O) groups is 2. The second kappa shape index (κ2) is 7.84. The van der Waals surface area contributed by atoms with Crippen molar-refractivity contribution in [3.8, 4) is 0 Å². The lowest BCUT2D eigenvalue weighted by molar-refractivity contribution is -0.137. The van der Waals surface area contributed by atoms with Gasteiger partial charge in [0.05, 0.1) is 18.4 Å². The maximum absolute atomic E-state index is 12.9. The molecule has 2 aromatic heterocycles. The molecular formula is C20H25N3O3S. The highest BCUT2D eigenvalue weighted by Gasteiger charge is 2.37. The molecule has 1 saturated carbocycles. The van der Waals surface area contributed by atoms with Gasteiger partial charge >= 0.3 is 0 Å². The SMILES string of the molecule is C[C@@H]1CC[C@@H]2[C@H](CCCN2C(=O)Cc2csc(NC(=O)c3ccco3)n2)C1. The molecule has 3 heterocycles. The predicted molar refractivity (Wildman–Crippen MR) is 104 cm³/mol. The van der Waals surface area contributed by atoms with E-state index < -0.39 is 0 Å². The van der Waals surface area contributed by atoms with Gasteiger partial charge in [0.15, 0.2) is 10.9 Å². The van der Waals surface area contributed by atoms with E-state index in [9.17, 15) is 9.59 Å². The summed E-state index contributed by atoms with van der Waals surface area (Å²) in [6, 6.07) is 3.67. The molecule has 0 aromatic carbocycles. The summed E-state index contributed by atoms with van der Waals surface area (Å²) in [7, 11) is 0. The number of furan rings is 1. The van der Waals surface area contributed by atoms with Gasteiger partial charge in [0.2, 0.25) is 5.91 Å². The molecule has 0 spiro atoms. The fraction of sp³-hybridized carbons (Fsp3) is 0.550. The summed E-state index contributed by atoms with van der Waals surface area (Å²) in [6.07, 6.45) is 7.68. The smallest absolute Gasteiger partial charge is 0.293 e. The second-order valence-electron chi connectivity index (χ2n) is 7.73. The number of amides is 2. The number of likely N-dealkylation sites (tertiary alicyclic amines) is 1. The predicted octanol–water partition coefficient (Wildman–Crippen LogP) is 3.96. The van der Waals surface area contributed by atoms with Gasteiger partial charge in [-0.2, -0.15) is 0 Å². The molecule has 2 aromatic rings. The number of carbonyl (C=O) groups excluding carboxylic acids is 2. The molecule has 2 amide bonds. The molecule has 2 aliphatic rings. The fourth-order valence-electron chi connectivity index (χ4n) is 4.47. The number of anilines is 1. The Labute approximate surface area is 163 Å². The van der Waals surface area contributed by atoms with Crippen molar-refractivity contribution in [3.05, 3.63) is 35.2 Å². The standard InChI is InChI=1S/C20H25N3O3S/c1-13-6-7-16-14(10-13)4-2-8-23(16)18(24)11-15-12-27-20(21-15)22-19(25)17-5-3-9-26-17/h3,5,9,12-14,16H,2,4,6-8,10-11H2,1H3,(H,21,22,25)/t13-,14-,16-/m1/s1. The van der Waals surface area contributed by atoms with Crippen molar-refractivity contribution in [2.45, 2.75) is 51.5 Å². The highest BCUT2D eigenvalue weighted by atomic mass is 32.1. The molecule has 7 heteroatoms. The van der Waals surface area contributed by atoms with E-state index in [4.69, 9.17) is 4.42 Å². The van der Waals surface area contributed by atoms with Crippen molar-refractivity contribution in [3.63, 3.8) is 0 Å². The van der Waals surface area contributed by atoms with Crippen molar-refractivity contribution in [1.82, 2.24) is 9.88 Å². The lowest BCUT2D eigenvalue weighted by atomic mass is 9.74. The number of aromatic nitrogens is 1. The Morgan fingerprint density at radius 2 is 2.26 bits per heavy atom.